The first-order valence-electron chi connectivity index (χ1n) is 11.8. The Bertz CT molecular complexity index is 1230. The highest BCUT2D eigenvalue weighted by Gasteiger charge is 2.43. The number of nitrogens with one attached hydrogen (secondary N) is 1. The van der Waals surface area contributed by atoms with Crippen molar-refractivity contribution in [2.45, 2.75) is 12.5 Å². The fourth-order valence-corrected chi connectivity index (χ4v) is 5.31. The SMILES string of the molecule is CN1C(=O)NC(c2cccc(Cl)c2Cl)C2=C1CN(CCC(=O)N1CCN(c3ccccn3)CC1)C2=O. The maximum absolute atomic E-state index is 13.4. The first kappa shape index (κ1) is 24.4. The molecule has 4 amide bonds. The largest absolute Gasteiger partial charge is 0.353 e. The third-order valence-corrected chi connectivity index (χ3v) is 7.76. The lowest BCUT2D eigenvalue weighted by atomic mass is 9.95. The van der Waals surface area contributed by atoms with E-state index in [1.54, 1.807) is 36.3 Å². The van der Waals surface area contributed by atoms with Crippen molar-refractivity contribution >= 4 is 46.9 Å². The van der Waals surface area contributed by atoms with E-state index in [9.17, 15) is 14.4 Å². The number of aromatic nitrogens is 1. The molecule has 0 saturated carbocycles. The number of likely N-dealkylation sites (N-methyl/N-ethyl adjacent to an activating group) is 1. The van der Waals surface area contributed by atoms with Crippen LogP contribution in [-0.4, -0.2) is 83.8 Å². The molecule has 0 bridgehead atoms. The topological polar surface area (TPSA) is 89.1 Å². The van der Waals surface area contributed by atoms with Gasteiger partial charge in [-0.05, 0) is 23.8 Å². The van der Waals surface area contributed by atoms with Crippen LogP contribution < -0.4 is 10.2 Å². The van der Waals surface area contributed by atoms with Gasteiger partial charge >= 0.3 is 6.03 Å². The molecule has 1 aromatic carbocycles. The molecule has 4 heterocycles. The minimum Gasteiger partial charge on any atom is -0.353 e. The summed E-state index contributed by atoms with van der Waals surface area (Å²) in [6, 6.07) is 9.90. The van der Waals surface area contributed by atoms with Gasteiger partial charge in [0.15, 0.2) is 0 Å². The van der Waals surface area contributed by atoms with Crippen molar-refractivity contribution in [1.82, 2.24) is 25.0 Å². The molecule has 0 radical (unpaired) electrons. The van der Waals surface area contributed by atoms with Crippen LogP contribution in [0.15, 0.2) is 53.9 Å². The molecule has 5 rings (SSSR count). The van der Waals surface area contributed by atoms with Gasteiger partial charge in [0.2, 0.25) is 5.91 Å². The molecule has 1 N–H and O–H groups in total. The molecule has 0 aliphatic carbocycles. The lowest BCUT2D eigenvalue weighted by molar-refractivity contribution is -0.132. The van der Waals surface area contributed by atoms with E-state index in [4.69, 9.17) is 23.2 Å². The number of carbonyl (C=O) groups excluding carboxylic acids is 3. The number of hydrogen-bond donors (Lipinski definition) is 1. The van der Waals surface area contributed by atoms with Gasteiger partial charge in [-0.3, -0.25) is 14.5 Å². The Labute approximate surface area is 219 Å². The van der Waals surface area contributed by atoms with Crippen LogP contribution in [0.1, 0.15) is 18.0 Å². The number of amides is 4. The zero-order valence-electron chi connectivity index (χ0n) is 19.8. The van der Waals surface area contributed by atoms with Crippen LogP contribution in [0.25, 0.3) is 0 Å². The summed E-state index contributed by atoms with van der Waals surface area (Å²) in [6.07, 6.45) is 1.97. The van der Waals surface area contributed by atoms with Crippen LogP contribution in [-0.2, 0) is 9.59 Å². The Morgan fingerprint density at radius 2 is 1.86 bits per heavy atom. The number of pyridine rings is 1. The van der Waals surface area contributed by atoms with Gasteiger partial charge in [-0.2, -0.15) is 0 Å². The summed E-state index contributed by atoms with van der Waals surface area (Å²) < 4.78 is 0. The number of carbonyl (C=O) groups is 3. The first-order chi connectivity index (χ1) is 17.3. The number of halogens is 2. The van der Waals surface area contributed by atoms with Crippen molar-refractivity contribution in [2.24, 2.45) is 0 Å². The first-order valence-corrected chi connectivity index (χ1v) is 12.5. The molecule has 1 unspecified atom stereocenters. The summed E-state index contributed by atoms with van der Waals surface area (Å²) in [5.74, 6) is 0.696. The maximum Gasteiger partial charge on any atom is 0.322 e. The molecule has 1 fully saturated rings. The van der Waals surface area contributed by atoms with Gasteiger partial charge in [0.1, 0.15) is 5.82 Å². The number of nitrogens with zero attached hydrogens (tertiary/aromatic N) is 5. The van der Waals surface area contributed by atoms with Crippen molar-refractivity contribution < 1.29 is 14.4 Å². The van der Waals surface area contributed by atoms with Crippen LogP contribution in [0, 0.1) is 0 Å². The predicted molar refractivity (Wildman–Crippen MR) is 137 cm³/mol. The zero-order chi connectivity index (χ0) is 25.4. The molecule has 36 heavy (non-hydrogen) atoms. The van der Waals surface area contributed by atoms with E-state index in [0.717, 1.165) is 5.82 Å². The molecule has 3 aliphatic heterocycles. The van der Waals surface area contributed by atoms with Gasteiger partial charge in [-0.1, -0.05) is 41.4 Å². The number of rotatable bonds is 5. The minimum atomic E-state index is -0.706. The Morgan fingerprint density at radius 1 is 1.08 bits per heavy atom. The van der Waals surface area contributed by atoms with Gasteiger partial charge in [0.05, 0.1) is 33.9 Å². The highest BCUT2D eigenvalue weighted by molar-refractivity contribution is 6.42. The Morgan fingerprint density at radius 3 is 2.58 bits per heavy atom. The van der Waals surface area contributed by atoms with Gasteiger partial charge in [0.25, 0.3) is 5.91 Å². The van der Waals surface area contributed by atoms with Crippen molar-refractivity contribution in [1.29, 1.82) is 0 Å². The third kappa shape index (κ3) is 4.49. The fourth-order valence-electron chi connectivity index (χ4n) is 4.90. The molecule has 11 heteroatoms. The van der Waals surface area contributed by atoms with Crippen LogP contribution in [0.2, 0.25) is 10.0 Å². The van der Waals surface area contributed by atoms with E-state index in [1.165, 1.54) is 4.90 Å². The quantitative estimate of drug-likeness (QED) is 0.644. The van der Waals surface area contributed by atoms with Crippen molar-refractivity contribution in [3.8, 4) is 0 Å². The molecule has 1 atom stereocenters. The molecular formula is C25H26Cl2N6O3. The Kier molecular flexibility index (Phi) is 6.77. The molecule has 9 nitrogen and oxygen atoms in total. The Hall–Kier alpha value is -3.30. The zero-order valence-corrected chi connectivity index (χ0v) is 21.3. The normalized spacial score (nSPS) is 20.1. The molecule has 3 aliphatic rings. The molecule has 1 aromatic heterocycles. The van der Waals surface area contributed by atoms with E-state index in [0.29, 0.717) is 53.1 Å². The molecule has 2 aromatic rings. The average molecular weight is 529 g/mol. The highest BCUT2D eigenvalue weighted by Crippen LogP contribution is 2.39. The van der Waals surface area contributed by atoms with Crippen molar-refractivity contribution in [3.63, 3.8) is 0 Å². The van der Waals surface area contributed by atoms with Crippen molar-refractivity contribution in [3.05, 3.63) is 69.5 Å². The highest BCUT2D eigenvalue weighted by atomic mass is 35.5. The summed E-state index contributed by atoms with van der Waals surface area (Å²) in [5.41, 5.74) is 1.63. The number of piperazine rings is 1. The van der Waals surface area contributed by atoms with Crippen LogP contribution in [0.5, 0.6) is 0 Å². The second kappa shape index (κ2) is 9.99. The van der Waals surface area contributed by atoms with Gasteiger partial charge in [-0.15, -0.1) is 0 Å². The van der Waals surface area contributed by atoms with E-state index in [1.807, 2.05) is 23.1 Å². The maximum atomic E-state index is 13.4. The van der Waals surface area contributed by atoms with Gasteiger partial charge < -0.3 is 20.0 Å². The second-order valence-electron chi connectivity index (χ2n) is 8.98. The summed E-state index contributed by atoms with van der Waals surface area (Å²) in [5, 5.41) is 3.51. The van der Waals surface area contributed by atoms with Crippen LogP contribution in [0.3, 0.4) is 0 Å². The fraction of sp³-hybridized carbons (Fsp3) is 0.360. The molecule has 0 spiro atoms. The average Bonchev–Trinajstić information content (AvgIpc) is 3.23. The van der Waals surface area contributed by atoms with E-state index >= 15 is 0 Å². The molecule has 1 saturated heterocycles. The number of anilines is 1. The number of hydrogen-bond acceptors (Lipinski definition) is 5. The third-order valence-electron chi connectivity index (χ3n) is 6.93. The summed E-state index contributed by atoms with van der Waals surface area (Å²) in [6.45, 7) is 3.16. The van der Waals surface area contributed by atoms with Gasteiger partial charge in [-0.25, -0.2) is 9.78 Å². The minimum absolute atomic E-state index is 0.00494. The lowest BCUT2D eigenvalue weighted by Crippen LogP contribution is -2.49. The predicted octanol–water partition coefficient (Wildman–Crippen LogP) is 2.92. The second-order valence-corrected chi connectivity index (χ2v) is 9.76. The summed E-state index contributed by atoms with van der Waals surface area (Å²) >= 11 is 12.6. The summed E-state index contributed by atoms with van der Waals surface area (Å²) in [4.78, 5) is 50.4. The number of urea groups is 1. The number of benzene rings is 1. The Balaban J connectivity index is 1.23. The monoisotopic (exact) mass is 528 g/mol. The molecule has 188 valence electrons. The van der Waals surface area contributed by atoms with Crippen molar-refractivity contribution in [2.75, 3.05) is 51.2 Å². The standard InChI is InChI=1S/C25H26Cl2N6O3/c1-30-18-15-33(10-8-20(34)32-13-11-31(12-14-32)19-7-2-3-9-28-19)24(35)21(18)23(29-25(30)36)16-5-4-6-17(26)22(16)27/h2-7,9,23H,8,10-15H2,1H3,(H,29,36). The van der Waals surface area contributed by atoms with E-state index in [2.05, 4.69) is 15.2 Å². The van der Waals surface area contributed by atoms with E-state index in [-0.39, 0.29) is 37.4 Å². The lowest BCUT2D eigenvalue weighted by Gasteiger charge is -2.35. The van der Waals surface area contributed by atoms with Crippen LogP contribution >= 0.6 is 23.2 Å². The van der Waals surface area contributed by atoms with Crippen LogP contribution in [0.4, 0.5) is 10.6 Å². The summed E-state index contributed by atoms with van der Waals surface area (Å²) in [7, 11) is 1.63. The molecular weight excluding hydrogens is 503 g/mol. The smallest absolute Gasteiger partial charge is 0.322 e. The van der Waals surface area contributed by atoms with Gasteiger partial charge in [0, 0.05) is 52.4 Å². The van der Waals surface area contributed by atoms with E-state index < -0.39 is 6.04 Å².